The lowest BCUT2D eigenvalue weighted by molar-refractivity contribution is 0.240. The van der Waals surface area contributed by atoms with E-state index in [0.717, 1.165) is 42.2 Å². The largest absolute Gasteiger partial charge is 0.464 e. The summed E-state index contributed by atoms with van der Waals surface area (Å²) < 4.78 is 5.68. The van der Waals surface area contributed by atoms with Crippen molar-refractivity contribution >= 4 is 11.0 Å². The van der Waals surface area contributed by atoms with Crippen LogP contribution in [0.2, 0.25) is 0 Å². The molecule has 134 valence electrons. The SMILES string of the molecule is Cc1ccc2occ(CN3CCc4nc(C(C)C)ncc4C3)c(=O)c2c1. The molecule has 3 heterocycles. The van der Waals surface area contributed by atoms with Crippen LogP contribution in [0.1, 0.15) is 48.0 Å². The van der Waals surface area contributed by atoms with E-state index in [1.807, 2.05) is 31.3 Å². The summed E-state index contributed by atoms with van der Waals surface area (Å²) in [6.07, 6.45) is 4.43. The molecular formula is C21H23N3O2. The van der Waals surface area contributed by atoms with Crippen LogP contribution >= 0.6 is 0 Å². The van der Waals surface area contributed by atoms with Gasteiger partial charge in [0.1, 0.15) is 11.4 Å². The molecule has 0 atom stereocenters. The van der Waals surface area contributed by atoms with E-state index in [4.69, 9.17) is 9.40 Å². The average Bonchev–Trinajstić information content (AvgIpc) is 2.64. The number of hydrogen-bond donors (Lipinski definition) is 0. The summed E-state index contributed by atoms with van der Waals surface area (Å²) in [5.74, 6) is 1.24. The quantitative estimate of drug-likeness (QED) is 0.723. The molecule has 1 aromatic carbocycles. The minimum Gasteiger partial charge on any atom is -0.464 e. The van der Waals surface area contributed by atoms with Crippen LogP contribution < -0.4 is 5.43 Å². The molecule has 0 saturated carbocycles. The molecule has 0 aliphatic carbocycles. The van der Waals surface area contributed by atoms with E-state index in [1.165, 1.54) is 0 Å². The molecule has 4 rings (SSSR count). The van der Waals surface area contributed by atoms with Crippen molar-refractivity contribution in [1.29, 1.82) is 0 Å². The molecule has 0 radical (unpaired) electrons. The number of benzene rings is 1. The topological polar surface area (TPSA) is 59.2 Å². The lowest BCUT2D eigenvalue weighted by atomic mass is 10.1. The van der Waals surface area contributed by atoms with E-state index >= 15 is 0 Å². The molecule has 0 fully saturated rings. The Hall–Kier alpha value is -2.53. The van der Waals surface area contributed by atoms with E-state index in [0.29, 0.717) is 29.0 Å². The molecule has 0 spiro atoms. The average molecular weight is 349 g/mol. The Balaban J connectivity index is 1.58. The first-order chi connectivity index (χ1) is 12.5. The third-order valence-corrected chi connectivity index (χ3v) is 4.94. The van der Waals surface area contributed by atoms with E-state index in [2.05, 4.69) is 23.7 Å². The molecule has 26 heavy (non-hydrogen) atoms. The van der Waals surface area contributed by atoms with Gasteiger partial charge in [0.05, 0.1) is 11.6 Å². The fourth-order valence-electron chi connectivity index (χ4n) is 3.44. The van der Waals surface area contributed by atoms with Crippen molar-refractivity contribution in [2.45, 2.75) is 46.2 Å². The Morgan fingerprint density at radius 3 is 2.96 bits per heavy atom. The molecule has 5 heteroatoms. The Labute approximate surface area is 152 Å². The molecule has 0 unspecified atom stereocenters. The highest BCUT2D eigenvalue weighted by Crippen LogP contribution is 2.21. The van der Waals surface area contributed by atoms with Gasteiger partial charge in [-0.05, 0) is 19.1 Å². The van der Waals surface area contributed by atoms with Crippen LogP contribution in [0.15, 0.2) is 39.9 Å². The van der Waals surface area contributed by atoms with Gasteiger partial charge in [-0.15, -0.1) is 0 Å². The van der Waals surface area contributed by atoms with Gasteiger partial charge in [-0.3, -0.25) is 9.69 Å². The molecule has 0 bridgehead atoms. The number of rotatable bonds is 3. The molecule has 3 aromatic rings. The lowest BCUT2D eigenvalue weighted by Gasteiger charge is -2.28. The lowest BCUT2D eigenvalue weighted by Crippen LogP contribution is -2.32. The predicted octanol–water partition coefficient (Wildman–Crippen LogP) is 3.57. The fraction of sp³-hybridized carbons (Fsp3) is 0.381. The van der Waals surface area contributed by atoms with E-state index < -0.39 is 0 Å². The first-order valence-electron chi connectivity index (χ1n) is 9.09. The Morgan fingerprint density at radius 2 is 2.15 bits per heavy atom. The molecule has 0 amide bonds. The third-order valence-electron chi connectivity index (χ3n) is 4.94. The van der Waals surface area contributed by atoms with Gasteiger partial charge in [-0.2, -0.15) is 0 Å². The maximum absolute atomic E-state index is 12.8. The van der Waals surface area contributed by atoms with Crippen LogP contribution in [-0.4, -0.2) is 21.4 Å². The van der Waals surface area contributed by atoms with E-state index in [9.17, 15) is 4.79 Å². The zero-order chi connectivity index (χ0) is 18.3. The van der Waals surface area contributed by atoms with Gasteiger partial charge in [-0.25, -0.2) is 9.97 Å². The van der Waals surface area contributed by atoms with Crippen LogP contribution in [0.4, 0.5) is 0 Å². The second-order valence-electron chi connectivity index (χ2n) is 7.41. The summed E-state index contributed by atoms with van der Waals surface area (Å²) >= 11 is 0. The monoisotopic (exact) mass is 349 g/mol. The summed E-state index contributed by atoms with van der Waals surface area (Å²) in [5, 5.41) is 0.657. The van der Waals surface area contributed by atoms with Crippen molar-refractivity contribution in [2.75, 3.05) is 6.54 Å². The van der Waals surface area contributed by atoms with Gasteiger partial charge < -0.3 is 4.42 Å². The van der Waals surface area contributed by atoms with Gasteiger partial charge in [0.25, 0.3) is 0 Å². The van der Waals surface area contributed by atoms with Crippen LogP contribution in [-0.2, 0) is 19.5 Å². The minimum absolute atomic E-state index is 0.0622. The van der Waals surface area contributed by atoms with Crippen molar-refractivity contribution in [3.8, 4) is 0 Å². The number of hydrogen-bond acceptors (Lipinski definition) is 5. The Bertz CT molecular complexity index is 1020. The highest BCUT2D eigenvalue weighted by atomic mass is 16.3. The summed E-state index contributed by atoms with van der Waals surface area (Å²) in [6, 6.07) is 5.71. The molecule has 1 aliphatic heterocycles. The van der Waals surface area contributed by atoms with Gasteiger partial charge in [-0.1, -0.05) is 25.5 Å². The Kier molecular flexibility index (Phi) is 4.32. The number of aromatic nitrogens is 2. The van der Waals surface area contributed by atoms with Crippen molar-refractivity contribution in [1.82, 2.24) is 14.9 Å². The smallest absolute Gasteiger partial charge is 0.197 e. The van der Waals surface area contributed by atoms with Gasteiger partial charge in [0.15, 0.2) is 5.43 Å². The van der Waals surface area contributed by atoms with Crippen molar-refractivity contribution < 1.29 is 4.42 Å². The zero-order valence-corrected chi connectivity index (χ0v) is 15.5. The van der Waals surface area contributed by atoms with Crippen LogP contribution in [0.3, 0.4) is 0 Å². The first kappa shape index (κ1) is 16.9. The molecule has 2 aromatic heterocycles. The van der Waals surface area contributed by atoms with Crippen LogP contribution in [0, 0.1) is 6.92 Å². The standard InChI is InChI=1S/C21H23N3O2/c1-13(2)21-22-9-15-10-24(7-6-18(15)23-21)11-16-12-26-19-5-4-14(3)8-17(19)20(16)25/h4-5,8-9,12-13H,6-7,10-11H2,1-3H3. The number of nitrogens with zero attached hydrogens (tertiary/aromatic N) is 3. The maximum Gasteiger partial charge on any atom is 0.197 e. The summed E-state index contributed by atoms with van der Waals surface area (Å²) in [5.41, 5.74) is 4.76. The number of fused-ring (bicyclic) bond motifs is 2. The van der Waals surface area contributed by atoms with Crippen molar-refractivity contribution in [2.24, 2.45) is 0 Å². The normalized spacial score (nSPS) is 14.8. The molecule has 0 N–H and O–H groups in total. The predicted molar refractivity (Wildman–Crippen MR) is 101 cm³/mol. The second-order valence-corrected chi connectivity index (χ2v) is 7.41. The van der Waals surface area contributed by atoms with E-state index in [-0.39, 0.29) is 5.43 Å². The number of aryl methyl sites for hydroxylation is 1. The molecule has 1 aliphatic rings. The van der Waals surface area contributed by atoms with Crippen LogP contribution in [0.5, 0.6) is 0 Å². The summed E-state index contributed by atoms with van der Waals surface area (Å²) in [4.78, 5) is 24.3. The minimum atomic E-state index is 0.0622. The third kappa shape index (κ3) is 3.15. The highest BCUT2D eigenvalue weighted by Gasteiger charge is 2.20. The second kappa shape index (κ2) is 6.65. The summed E-state index contributed by atoms with van der Waals surface area (Å²) in [7, 11) is 0. The van der Waals surface area contributed by atoms with Crippen LogP contribution in [0.25, 0.3) is 11.0 Å². The maximum atomic E-state index is 12.8. The first-order valence-corrected chi connectivity index (χ1v) is 9.09. The fourth-order valence-corrected chi connectivity index (χ4v) is 3.44. The van der Waals surface area contributed by atoms with Crippen molar-refractivity contribution in [3.63, 3.8) is 0 Å². The van der Waals surface area contributed by atoms with Crippen molar-refractivity contribution in [3.05, 3.63) is 69.1 Å². The molecule has 0 saturated heterocycles. The molecule has 5 nitrogen and oxygen atoms in total. The van der Waals surface area contributed by atoms with E-state index in [1.54, 1.807) is 6.26 Å². The zero-order valence-electron chi connectivity index (χ0n) is 15.5. The Morgan fingerprint density at radius 1 is 1.31 bits per heavy atom. The molecular weight excluding hydrogens is 326 g/mol. The summed E-state index contributed by atoms with van der Waals surface area (Å²) in [6.45, 7) is 8.43. The van der Waals surface area contributed by atoms with Gasteiger partial charge in [0.2, 0.25) is 0 Å². The highest BCUT2D eigenvalue weighted by molar-refractivity contribution is 5.77. The van der Waals surface area contributed by atoms with Gasteiger partial charge in [0, 0.05) is 55.0 Å². The van der Waals surface area contributed by atoms with Gasteiger partial charge >= 0.3 is 0 Å².